The SMILES string of the molecule is Cc1cc(C)cc(C(=O)NCC2(C)COC2)c1. The van der Waals surface area contributed by atoms with Gasteiger partial charge in [0.1, 0.15) is 0 Å². The van der Waals surface area contributed by atoms with Crippen LogP contribution in [-0.2, 0) is 4.74 Å². The Balaban J connectivity index is 1.99. The van der Waals surface area contributed by atoms with Crippen molar-refractivity contribution < 1.29 is 9.53 Å². The summed E-state index contributed by atoms with van der Waals surface area (Å²) in [4.78, 5) is 12.0. The molecule has 3 heteroatoms. The van der Waals surface area contributed by atoms with Gasteiger partial charge in [0.25, 0.3) is 5.91 Å². The molecule has 0 spiro atoms. The molecule has 1 aromatic rings. The van der Waals surface area contributed by atoms with E-state index in [9.17, 15) is 4.79 Å². The number of aryl methyl sites for hydroxylation is 2. The number of benzene rings is 1. The fraction of sp³-hybridized carbons (Fsp3) is 0.500. The van der Waals surface area contributed by atoms with Crippen molar-refractivity contribution in [3.63, 3.8) is 0 Å². The Hall–Kier alpha value is -1.35. The van der Waals surface area contributed by atoms with Crippen molar-refractivity contribution >= 4 is 5.91 Å². The van der Waals surface area contributed by atoms with E-state index in [1.807, 2.05) is 26.0 Å². The maximum atomic E-state index is 12.0. The molecule has 1 amide bonds. The van der Waals surface area contributed by atoms with Crippen LogP contribution in [-0.4, -0.2) is 25.7 Å². The van der Waals surface area contributed by atoms with Gasteiger partial charge in [-0.2, -0.15) is 0 Å². The molecule has 1 aliphatic heterocycles. The summed E-state index contributed by atoms with van der Waals surface area (Å²) in [7, 11) is 0. The van der Waals surface area contributed by atoms with Gasteiger partial charge >= 0.3 is 0 Å². The Morgan fingerprint density at radius 1 is 1.29 bits per heavy atom. The fourth-order valence-corrected chi connectivity index (χ4v) is 2.05. The van der Waals surface area contributed by atoms with E-state index < -0.39 is 0 Å². The van der Waals surface area contributed by atoms with Gasteiger partial charge in [-0.25, -0.2) is 0 Å². The lowest BCUT2D eigenvalue weighted by molar-refractivity contribution is -0.0978. The molecule has 0 aliphatic carbocycles. The van der Waals surface area contributed by atoms with Crippen LogP contribution in [0.4, 0.5) is 0 Å². The van der Waals surface area contributed by atoms with Crippen LogP contribution in [0.1, 0.15) is 28.4 Å². The quantitative estimate of drug-likeness (QED) is 0.868. The normalized spacial score (nSPS) is 17.4. The summed E-state index contributed by atoms with van der Waals surface area (Å²) in [6.07, 6.45) is 0. The van der Waals surface area contributed by atoms with Gasteiger partial charge in [0, 0.05) is 17.5 Å². The molecular formula is C14H19NO2. The highest BCUT2D eigenvalue weighted by Gasteiger charge is 2.33. The Morgan fingerprint density at radius 3 is 2.35 bits per heavy atom. The summed E-state index contributed by atoms with van der Waals surface area (Å²) in [5, 5.41) is 2.98. The maximum absolute atomic E-state index is 12.0. The van der Waals surface area contributed by atoms with E-state index in [2.05, 4.69) is 18.3 Å². The van der Waals surface area contributed by atoms with Gasteiger partial charge in [0.15, 0.2) is 0 Å². The average Bonchev–Trinajstić information content (AvgIpc) is 2.22. The highest BCUT2D eigenvalue weighted by Crippen LogP contribution is 2.25. The molecule has 1 saturated heterocycles. The number of carbonyl (C=O) groups excluding carboxylic acids is 1. The second-order valence-corrected chi connectivity index (χ2v) is 5.36. The van der Waals surface area contributed by atoms with E-state index in [0.717, 1.165) is 29.9 Å². The molecule has 1 fully saturated rings. The van der Waals surface area contributed by atoms with Gasteiger partial charge in [-0.05, 0) is 26.0 Å². The third-order valence-electron chi connectivity index (χ3n) is 3.06. The molecule has 17 heavy (non-hydrogen) atoms. The molecule has 1 N–H and O–H groups in total. The number of rotatable bonds is 3. The Bertz CT molecular complexity index is 416. The number of hydrogen-bond donors (Lipinski definition) is 1. The minimum Gasteiger partial charge on any atom is -0.380 e. The number of amides is 1. The van der Waals surface area contributed by atoms with Gasteiger partial charge in [-0.1, -0.05) is 24.1 Å². The Kier molecular flexibility index (Phi) is 3.20. The van der Waals surface area contributed by atoms with E-state index in [4.69, 9.17) is 4.74 Å². The van der Waals surface area contributed by atoms with Crippen LogP contribution in [0.2, 0.25) is 0 Å². The van der Waals surface area contributed by atoms with Crippen molar-refractivity contribution in [2.45, 2.75) is 20.8 Å². The van der Waals surface area contributed by atoms with Crippen LogP contribution in [0.5, 0.6) is 0 Å². The van der Waals surface area contributed by atoms with Crippen LogP contribution in [0.3, 0.4) is 0 Å². The summed E-state index contributed by atoms with van der Waals surface area (Å²) in [6, 6.07) is 5.90. The summed E-state index contributed by atoms with van der Waals surface area (Å²) in [5.74, 6) is 0.00456. The molecule has 0 unspecified atom stereocenters. The minimum atomic E-state index is 0.00456. The molecular weight excluding hydrogens is 214 g/mol. The largest absolute Gasteiger partial charge is 0.380 e. The van der Waals surface area contributed by atoms with Crippen LogP contribution in [0.15, 0.2) is 18.2 Å². The maximum Gasteiger partial charge on any atom is 0.251 e. The van der Waals surface area contributed by atoms with E-state index in [-0.39, 0.29) is 11.3 Å². The lowest BCUT2D eigenvalue weighted by atomic mass is 9.88. The van der Waals surface area contributed by atoms with Crippen molar-refractivity contribution in [3.05, 3.63) is 34.9 Å². The van der Waals surface area contributed by atoms with Crippen LogP contribution in [0, 0.1) is 19.3 Å². The molecule has 1 aliphatic rings. The van der Waals surface area contributed by atoms with Crippen molar-refractivity contribution in [3.8, 4) is 0 Å². The first-order valence-corrected chi connectivity index (χ1v) is 5.93. The first-order valence-electron chi connectivity index (χ1n) is 5.93. The zero-order valence-electron chi connectivity index (χ0n) is 10.7. The molecule has 92 valence electrons. The zero-order chi connectivity index (χ0) is 12.5. The van der Waals surface area contributed by atoms with E-state index in [0.29, 0.717) is 6.54 Å². The highest BCUT2D eigenvalue weighted by atomic mass is 16.5. The molecule has 1 heterocycles. The lowest BCUT2D eigenvalue weighted by Crippen LogP contribution is -2.48. The lowest BCUT2D eigenvalue weighted by Gasteiger charge is -2.38. The third kappa shape index (κ3) is 2.86. The van der Waals surface area contributed by atoms with Crippen molar-refractivity contribution in [2.24, 2.45) is 5.41 Å². The van der Waals surface area contributed by atoms with Crippen molar-refractivity contribution in [2.75, 3.05) is 19.8 Å². The first kappa shape index (κ1) is 12.1. The Morgan fingerprint density at radius 2 is 1.88 bits per heavy atom. The molecule has 0 aromatic heterocycles. The van der Waals surface area contributed by atoms with Crippen LogP contribution in [0.25, 0.3) is 0 Å². The minimum absolute atomic E-state index is 0.00456. The van der Waals surface area contributed by atoms with Gasteiger partial charge in [0.05, 0.1) is 13.2 Å². The van der Waals surface area contributed by atoms with Gasteiger partial charge in [-0.15, -0.1) is 0 Å². The van der Waals surface area contributed by atoms with Crippen molar-refractivity contribution in [1.82, 2.24) is 5.32 Å². The van der Waals surface area contributed by atoms with Gasteiger partial charge in [-0.3, -0.25) is 4.79 Å². The second kappa shape index (κ2) is 4.49. The summed E-state index contributed by atoms with van der Waals surface area (Å²) < 4.78 is 5.16. The molecule has 2 rings (SSSR count). The summed E-state index contributed by atoms with van der Waals surface area (Å²) in [5.41, 5.74) is 3.10. The Labute approximate surface area is 102 Å². The van der Waals surface area contributed by atoms with Gasteiger partial charge in [0.2, 0.25) is 0 Å². The molecule has 0 saturated carbocycles. The number of nitrogens with one attached hydrogen (secondary N) is 1. The topological polar surface area (TPSA) is 38.3 Å². The molecule has 3 nitrogen and oxygen atoms in total. The van der Waals surface area contributed by atoms with E-state index in [1.54, 1.807) is 0 Å². The third-order valence-corrected chi connectivity index (χ3v) is 3.06. The number of hydrogen-bond acceptors (Lipinski definition) is 2. The summed E-state index contributed by atoms with van der Waals surface area (Å²) in [6.45, 7) is 8.28. The monoisotopic (exact) mass is 233 g/mol. The zero-order valence-corrected chi connectivity index (χ0v) is 10.7. The highest BCUT2D eigenvalue weighted by molar-refractivity contribution is 5.94. The fourth-order valence-electron chi connectivity index (χ4n) is 2.05. The molecule has 1 aromatic carbocycles. The number of ether oxygens (including phenoxy) is 1. The smallest absolute Gasteiger partial charge is 0.251 e. The van der Waals surface area contributed by atoms with Crippen LogP contribution >= 0.6 is 0 Å². The first-order chi connectivity index (χ1) is 7.98. The standard InChI is InChI=1S/C14H19NO2/c1-10-4-11(2)6-12(5-10)13(16)15-7-14(3)8-17-9-14/h4-6H,7-9H2,1-3H3,(H,15,16). The van der Waals surface area contributed by atoms with Gasteiger partial charge < -0.3 is 10.1 Å². The summed E-state index contributed by atoms with van der Waals surface area (Å²) >= 11 is 0. The predicted molar refractivity (Wildman–Crippen MR) is 67.2 cm³/mol. The molecule has 0 bridgehead atoms. The molecule has 0 atom stereocenters. The molecule has 0 radical (unpaired) electrons. The van der Waals surface area contributed by atoms with E-state index in [1.165, 1.54) is 0 Å². The number of carbonyl (C=O) groups is 1. The average molecular weight is 233 g/mol. The predicted octanol–water partition coefficient (Wildman–Crippen LogP) is 2.07. The van der Waals surface area contributed by atoms with Crippen LogP contribution < -0.4 is 5.32 Å². The second-order valence-electron chi connectivity index (χ2n) is 5.36. The van der Waals surface area contributed by atoms with E-state index >= 15 is 0 Å². The van der Waals surface area contributed by atoms with Crippen molar-refractivity contribution in [1.29, 1.82) is 0 Å².